The Morgan fingerprint density at radius 3 is 2.60 bits per heavy atom. The Balaban J connectivity index is 2.75. The standard InChI is InChI=1S/C12H17BrFN/c1-3-10(8(2)15)6-9-4-5-12(14)11(13)7-9/h4-5,7-8,10H,3,6,15H2,1-2H3. The first kappa shape index (κ1) is 12.7. The van der Waals surface area contributed by atoms with Crippen molar-refractivity contribution < 1.29 is 4.39 Å². The molecule has 1 aromatic rings. The second-order valence-electron chi connectivity index (χ2n) is 3.98. The minimum absolute atomic E-state index is 0.179. The number of halogens is 2. The molecule has 84 valence electrons. The third-order valence-electron chi connectivity index (χ3n) is 2.75. The molecule has 2 unspecified atom stereocenters. The number of rotatable bonds is 4. The van der Waals surface area contributed by atoms with Crippen molar-refractivity contribution in [2.24, 2.45) is 11.7 Å². The van der Waals surface area contributed by atoms with E-state index in [-0.39, 0.29) is 11.9 Å². The first-order valence-corrected chi connectivity index (χ1v) is 6.03. The third kappa shape index (κ3) is 3.58. The van der Waals surface area contributed by atoms with Gasteiger partial charge in [-0.1, -0.05) is 19.4 Å². The summed E-state index contributed by atoms with van der Waals surface area (Å²) in [5, 5.41) is 0. The molecule has 0 fully saturated rings. The van der Waals surface area contributed by atoms with Gasteiger partial charge < -0.3 is 5.73 Å². The fourth-order valence-corrected chi connectivity index (χ4v) is 2.10. The van der Waals surface area contributed by atoms with Gasteiger partial charge in [0.2, 0.25) is 0 Å². The highest BCUT2D eigenvalue weighted by Gasteiger charge is 2.12. The summed E-state index contributed by atoms with van der Waals surface area (Å²) in [5.74, 6) is 0.245. The summed E-state index contributed by atoms with van der Waals surface area (Å²) in [6, 6.07) is 5.33. The second kappa shape index (κ2) is 5.61. The largest absolute Gasteiger partial charge is 0.328 e. The molecule has 0 aliphatic carbocycles. The van der Waals surface area contributed by atoms with Gasteiger partial charge in [-0.2, -0.15) is 0 Å². The van der Waals surface area contributed by atoms with Crippen LogP contribution < -0.4 is 5.73 Å². The van der Waals surface area contributed by atoms with Crippen LogP contribution in [0.15, 0.2) is 22.7 Å². The molecule has 2 atom stereocenters. The van der Waals surface area contributed by atoms with E-state index in [9.17, 15) is 4.39 Å². The zero-order valence-electron chi connectivity index (χ0n) is 9.13. The van der Waals surface area contributed by atoms with E-state index >= 15 is 0 Å². The Hall–Kier alpha value is -0.410. The van der Waals surface area contributed by atoms with E-state index < -0.39 is 0 Å². The van der Waals surface area contributed by atoms with E-state index in [4.69, 9.17) is 5.73 Å². The summed E-state index contributed by atoms with van der Waals surface area (Å²) in [7, 11) is 0. The normalized spacial score (nSPS) is 15.0. The Labute approximate surface area is 99.0 Å². The molecule has 1 rings (SSSR count). The van der Waals surface area contributed by atoms with Gasteiger partial charge in [-0.25, -0.2) is 4.39 Å². The number of nitrogens with two attached hydrogens (primary N) is 1. The molecule has 0 bridgehead atoms. The highest BCUT2D eigenvalue weighted by molar-refractivity contribution is 9.10. The topological polar surface area (TPSA) is 26.0 Å². The highest BCUT2D eigenvalue weighted by Crippen LogP contribution is 2.21. The molecule has 0 radical (unpaired) electrons. The summed E-state index contributed by atoms with van der Waals surface area (Å²) < 4.78 is 13.5. The zero-order valence-corrected chi connectivity index (χ0v) is 10.7. The van der Waals surface area contributed by atoms with Crippen molar-refractivity contribution >= 4 is 15.9 Å². The van der Waals surface area contributed by atoms with Gasteiger partial charge >= 0.3 is 0 Å². The predicted molar refractivity (Wildman–Crippen MR) is 65.2 cm³/mol. The van der Waals surface area contributed by atoms with Crippen molar-refractivity contribution in [1.82, 2.24) is 0 Å². The van der Waals surface area contributed by atoms with Crippen LogP contribution in [0.3, 0.4) is 0 Å². The Morgan fingerprint density at radius 1 is 1.47 bits per heavy atom. The fraction of sp³-hybridized carbons (Fsp3) is 0.500. The lowest BCUT2D eigenvalue weighted by Gasteiger charge is -2.18. The maximum atomic E-state index is 13.0. The first-order valence-electron chi connectivity index (χ1n) is 5.24. The summed E-state index contributed by atoms with van der Waals surface area (Å²) in [6.45, 7) is 4.15. The SMILES string of the molecule is CCC(Cc1ccc(F)c(Br)c1)C(C)N. The lowest BCUT2D eigenvalue weighted by molar-refractivity contribution is 0.427. The van der Waals surface area contributed by atoms with Gasteiger partial charge in [0, 0.05) is 6.04 Å². The first-order chi connectivity index (χ1) is 7.04. The molecular weight excluding hydrogens is 257 g/mol. The molecule has 2 N–H and O–H groups in total. The van der Waals surface area contributed by atoms with Crippen molar-refractivity contribution in [3.63, 3.8) is 0 Å². The summed E-state index contributed by atoms with van der Waals surface area (Å²) >= 11 is 3.19. The average molecular weight is 274 g/mol. The summed E-state index contributed by atoms with van der Waals surface area (Å²) in [4.78, 5) is 0. The van der Waals surface area contributed by atoms with Crippen molar-refractivity contribution in [2.75, 3.05) is 0 Å². The molecule has 0 spiro atoms. The Kier molecular flexibility index (Phi) is 4.74. The molecule has 0 amide bonds. The van der Waals surface area contributed by atoms with Crippen LogP contribution in [0.1, 0.15) is 25.8 Å². The van der Waals surface area contributed by atoms with Gasteiger partial charge in [-0.15, -0.1) is 0 Å². The molecule has 15 heavy (non-hydrogen) atoms. The minimum Gasteiger partial charge on any atom is -0.328 e. The van der Waals surface area contributed by atoms with Gasteiger partial charge in [-0.3, -0.25) is 0 Å². The molecule has 0 saturated heterocycles. The van der Waals surface area contributed by atoms with Crippen LogP contribution >= 0.6 is 15.9 Å². The van der Waals surface area contributed by atoms with Crippen LogP contribution in [-0.2, 0) is 6.42 Å². The van der Waals surface area contributed by atoms with E-state index in [1.54, 1.807) is 0 Å². The van der Waals surface area contributed by atoms with Crippen LogP contribution in [-0.4, -0.2) is 6.04 Å². The second-order valence-corrected chi connectivity index (χ2v) is 4.83. The predicted octanol–water partition coefficient (Wildman–Crippen LogP) is 3.50. The summed E-state index contributed by atoms with van der Waals surface area (Å²) in [6.07, 6.45) is 1.96. The maximum absolute atomic E-state index is 13.0. The lowest BCUT2D eigenvalue weighted by Crippen LogP contribution is -2.27. The van der Waals surface area contributed by atoms with Gasteiger partial charge in [-0.05, 0) is 52.9 Å². The molecule has 0 saturated carbocycles. The van der Waals surface area contributed by atoms with Crippen molar-refractivity contribution in [2.45, 2.75) is 32.7 Å². The molecule has 3 heteroatoms. The Morgan fingerprint density at radius 2 is 2.13 bits per heavy atom. The van der Waals surface area contributed by atoms with E-state index in [2.05, 4.69) is 22.9 Å². The smallest absolute Gasteiger partial charge is 0.137 e. The van der Waals surface area contributed by atoms with Crippen molar-refractivity contribution in [1.29, 1.82) is 0 Å². The zero-order chi connectivity index (χ0) is 11.4. The highest BCUT2D eigenvalue weighted by atomic mass is 79.9. The van der Waals surface area contributed by atoms with Crippen molar-refractivity contribution in [3.05, 3.63) is 34.1 Å². The molecular formula is C12H17BrFN. The Bertz CT molecular complexity index is 325. The summed E-state index contributed by atoms with van der Waals surface area (Å²) in [5.41, 5.74) is 7.01. The lowest BCUT2D eigenvalue weighted by atomic mass is 9.91. The van der Waals surface area contributed by atoms with Crippen LogP contribution in [0.25, 0.3) is 0 Å². The quantitative estimate of drug-likeness (QED) is 0.893. The van der Waals surface area contributed by atoms with E-state index in [0.29, 0.717) is 10.4 Å². The monoisotopic (exact) mass is 273 g/mol. The number of benzene rings is 1. The van der Waals surface area contributed by atoms with Gasteiger partial charge in [0.25, 0.3) is 0 Å². The third-order valence-corrected chi connectivity index (χ3v) is 3.36. The minimum atomic E-state index is -0.215. The molecule has 1 nitrogen and oxygen atoms in total. The van der Waals surface area contributed by atoms with Crippen molar-refractivity contribution in [3.8, 4) is 0 Å². The molecule has 0 aliphatic rings. The molecule has 0 heterocycles. The van der Waals surface area contributed by atoms with Crippen LogP contribution in [0.2, 0.25) is 0 Å². The van der Waals surface area contributed by atoms with Crippen LogP contribution in [0, 0.1) is 11.7 Å². The molecule has 0 aliphatic heterocycles. The van der Waals surface area contributed by atoms with E-state index in [1.807, 2.05) is 19.1 Å². The molecule has 0 aromatic heterocycles. The maximum Gasteiger partial charge on any atom is 0.137 e. The van der Waals surface area contributed by atoms with Crippen LogP contribution in [0.5, 0.6) is 0 Å². The number of hydrogen-bond donors (Lipinski definition) is 1. The average Bonchev–Trinajstić information content (AvgIpc) is 2.19. The fourth-order valence-electron chi connectivity index (χ4n) is 1.67. The number of hydrogen-bond acceptors (Lipinski definition) is 1. The van der Waals surface area contributed by atoms with Gasteiger partial charge in [0.05, 0.1) is 4.47 Å². The van der Waals surface area contributed by atoms with E-state index in [0.717, 1.165) is 18.4 Å². The van der Waals surface area contributed by atoms with E-state index in [1.165, 1.54) is 6.07 Å². The van der Waals surface area contributed by atoms with Crippen LogP contribution in [0.4, 0.5) is 4.39 Å². The molecule has 1 aromatic carbocycles. The van der Waals surface area contributed by atoms with Gasteiger partial charge in [0.1, 0.15) is 5.82 Å². The van der Waals surface area contributed by atoms with Gasteiger partial charge in [0.15, 0.2) is 0 Å².